The number of anilines is 1. The summed E-state index contributed by atoms with van der Waals surface area (Å²) in [4.78, 5) is 4.25. The molecular formula is C10H18ClN3. The molecule has 3 nitrogen and oxygen atoms in total. The van der Waals surface area contributed by atoms with E-state index >= 15 is 0 Å². The third-order valence-electron chi connectivity index (χ3n) is 2.34. The summed E-state index contributed by atoms with van der Waals surface area (Å²) in [6.45, 7) is 7.33. The predicted octanol–water partition coefficient (Wildman–Crippen LogP) is 2.58. The summed E-state index contributed by atoms with van der Waals surface area (Å²) in [5.74, 6) is 2.02. The molecule has 1 unspecified atom stereocenters. The van der Waals surface area contributed by atoms with Crippen LogP contribution in [0.25, 0.3) is 0 Å². The van der Waals surface area contributed by atoms with Crippen LogP contribution in [0.4, 0.5) is 5.95 Å². The molecule has 1 aromatic heterocycles. The van der Waals surface area contributed by atoms with Gasteiger partial charge in [-0.15, -0.1) is 11.6 Å². The van der Waals surface area contributed by atoms with E-state index in [-0.39, 0.29) is 6.04 Å². The molecule has 0 aromatic carbocycles. The highest BCUT2D eigenvalue weighted by Crippen LogP contribution is 2.12. The first-order valence-corrected chi connectivity index (χ1v) is 5.56. The Hall–Kier alpha value is -0.700. The summed E-state index contributed by atoms with van der Waals surface area (Å²) in [6.07, 6.45) is 3.77. The average molecular weight is 216 g/mol. The lowest BCUT2D eigenvalue weighted by Gasteiger charge is -2.20. The van der Waals surface area contributed by atoms with Crippen molar-refractivity contribution in [1.29, 1.82) is 0 Å². The van der Waals surface area contributed by atoms with Crippen molar-refractivity contribution in [1.82, 2.24) is 9.55 Å². The number of nitrogens with one attached hydrogen (secondary N) is 1. The smallest absolute Gasteiger partial charge is 0.203 e. The average Bonchev–Trinajstić information content (AvgIpc) is 2.60. The van der Waals surface area contributed by atoms with Crippen LogP contribution in [0.5, 0.6) is 0 Å². The minimum absolute atomic E-state index is 0.282. The van der Waals surface area contributed by atoms with E-state index in [9.17, 15) is 0 Å². The van der Waals surface area contributed by atoms with Gasteiger partial charge in [0.1, 0.15) is 0 Å². The summed E-state index contributed by atoms with van der Waals surface area (Å²) < 4.78 is 2.07. The lowest BCUT2D eigenvalue weighted by atomic mass is 10.1. The summed E-state index contributed by atoms with van der Waals surface area (Å²) in [5, 5.41) is 3.35. The second-order valence-corrected chi connectivity index (χ2v) is 3.99. The topological polar surface area (TPSA) is 29.9 Å². The van der Waals surface area contributed by atoms with Gasteiger partial charge in [0, 0.05) is 30.9 Å². The molecule has 0 aliphatic heterocycles. The Morgan fingerprint density at radius 2 is 2.29 bits per heavy atom. The highest BCUT2D eigenvalue weighted by molar-refractivity contribution is 6.18. The normalized spacial score (nSPS) is 13.2. The van der Waals surface area contributed by atoms with Gasteiger partial charge in [-0.3, -0.25) is 0 Å². The number of rotatable bonds is 5. The Kier molecular flexibility index (Phi) is 4.26. The third kappa shape index (κ3) is 2.64. The summed E-state index contributed by atoms with van der Waals surface area (Å²) in [5.41, 5.74) is 0. The second kappa shape index (κ2) is 5.25. The Balaban J connectivity index is 2.66. The first-order chi connectivity index (χ1) is 6.69. The zero-order valence-electron chi connectivity index (χ0n) is 9.00. The van der Waals surface area contributed by atoms with Crippen molar-refractivity contribution in [3.8, 4) is 0 Å². The van der Waals surface area contributed by atoms with E-state index in [0.29, 0.717) is 11.8 Å². The Morgan fingerprint density at radius 3 is 2.79 bits per heavy atom. The standard InChI is InChI=1S/C10H18ClN3/c1-4-14-6-5-12-10(14)13-9(7-11)8(2)3/h5-6,8-9H,4,7H2,1-3H3,(H,12,13). The van der Waals surface area contributed by atoms with Gasteiger partial charge in [-0.05, 0) is 12.8 Å². The number of alkyl halides is 1. The first kappa shape index (κ1) is 11.4. The number of imidazole rings is 1. The van der Waals surface area contributed by atoms with Crippen LogP contribution in [0.15, 0.2) is 12.4 Å². The van der Waals surface area contributed by atoms with Crippen molar-refractivity contribution in [3.63, 3.8) is 0 Å². The molecular weight excluding hydrogens is 198 g/mol. The Labute approximate surface area is 90.5 Å². The van der Waals surface area contributed by atoms with Gasteiger partial charge < -0.3 is 9.88 Å². The molecule has 14 heavy (non-hydrogen) atoms. The van der Waals surface area contributed by atoms with Crippen LogP contribution >= 0.6 is 11.6 Å². The van der Waals surface area contributed by atoms with E-state index in [0.717, 1.165) is 12.5 Å². The highest BCUT2D eigenvalue weighted by atomic mass is 35.5. The van der Waals surface area contributed by atoms with Gasteiger partial charge in [0.15, 0.2) is 0 Å². The number of nitrogens with zero attached hydrogens (tertiary/aromatic N) is 2. The summed E-state index contributed by atoms with van der Waals surface area (Å²) >= 11 is 5.88. The molecule has 0 spiro atoms. The van der Waals surface area contributed by atoms with Crippen LogP contribution in [0.3, 0.4) is 0 Å². The van der Waals surface area contributed by atoms with E-state index in [4.69, 9.17) is 11.6 Å². The molecule has 1 heterocycles. The molecule has 1 rings (SSSR count). The van der Waals surface area contributed by atoms with Crippen molar-refractivity contribution in [3.05, 3.63) is 12.4 Å². The van der Waals surface area contributed by atoms with E-state index < -0.39 is 0 Å². The number of aromatic nitrogens is 2. The van der Waals surface area contributed by atoms with Crippen molar-refractivity contribution in [2.24, 2.45) is 5.92 Å². The molecule has 0 fully saturated rings. The third-order valence-corrected chi connectivity index (χ3v) is 2.67. The van der Waals surface area contributed by atoms with Gasteiger partial charge in [-0.1, -0.05) is 13.8 Å². The SMILES string of the molecule is CCn1ccnc1NC(CCl)C(C)C. The van der Waals surface area contributed by atoms with Crippen molar-refractivity contribution in [2.75, 3.05) is 11.2 Å². The molecule has 0 saturated heterocycles. The largest absolute Gasteiger partial charge is 0.351 e. The molecule has 0 aliphatic carbocycles. The number of aryl methyl sites for hydroxylation is 1. The molecule has 0 aliphatic rings. The van der Waals surface area contributed by atoms with Gasteiger partial charge in [0.2, 0.25) is 5.95 Å². The maximum atomic E-state index is 5.88. The quantitative estimate of drug-likeness (QED) is 0.766. The monoisotopic (exact) mass is 215 g/mol. The number of halogens is 1. The highest BCUT2D eigenvalue weighted by Gasteiger charge is 2.13. The van der Waals surface area contributed by atoms with Crippen LogP contribution in [0.2, 0.25) is 0 Å². The van der Waals surface area contributed by atoms with E-state index in [1.165, 1.54) is 0 Å². The van der Waals surface area contributed by atoms with Gasteiger partial charge >= 0.3 is 0 Å². The van der Waals surface area contributed by atoms with Crippen molar-refractivity contribution < 1.29 is 0 Å². The minimum atomic E-state index is 0.282. The first-order valence-electron chi connectivity index (χ1n) is 5.02. The van der Waals surface area contributed by atoms with Crippen molar-refractivity contribution >= 4 is 17.5 Å². The summed E-state index contributed by atoms with van der Waals surface area (Å²) in [7, 11) is 0. The van der Waals surface area contributed by atoms with Gasteiger partial charge in [-0.25, -0.2) is 4.98 Å². The van der Waals surface area contributed by atoms with E-state index in [2.05, 4.69) is 35.6 Å². The minimum Gasteiger partial charge on any atom is -0.351 e. The summed E-state index contributed by atoms with van der Waals surface area (Å²) in [6, 6.07) is 0.282. The lowest BCUT2D eigenvalue weighted by Crippen LogP contribution is -2.28. The van der Waals surface area contributed by atoms with Crippen molar-refractivity contribution in [2.45, 2.75) is 33.4 Å². The van der Waals surface area contributed by atoms with Crippen LogP contribution < -0.4 is 5.32 Å². The molecule has 0 bridgehead atoms. The second-order valence-electron chi connectivity index (χ2n) is 3.69. The maximum Gasteiger partial charge on any atom is 0.203 e. The zero-order valence-corrected chi connectivity index (χ0v) is 9.75. The fourth-order valence-corrected chi connectivity index (χ4v) is 1.69. The fraction of sp³-hybridized carbons (Fsp3) is 0.700. The van der Waals surface area contributed by atoms with E-state index in [1.54, 1.807) is 6.20 Å². The van der Waals surface area contributed by atoms with Gasteiger partial charge in [0.25, 0.3) is 0 Å². The molecule has 0 saturated carbocycles. The van der Waals surface area contributed by atoms with Crippen LogP contribution in [0.1, 0.15) is 20.8 Å². The number of hydrogen-bond donors (Lipinski definition) is 1. The molecule has 0 radical (unpaired) electrons. The predicted molar refractivity (Wildman–Crippen MR) is 60.9 cm³/mol. The molecule has 1 aromatic rings. The molecule has 80 valence electrons. The molecule has 0 amide bonds. The molecule has 1 N–H and O–H groups in total. The van der Waals surface area contributed by atoms with Gasteiger partial charge in [-0.2, -0.15) is 0 Å². The van der Waals surface area contributed by atoms with Crippen LogP contribution in [0, 0.1) is 5.92 Å². The van der Waals surface area contributed by atoms with Gasteiger partial charge in [0.05, 0.1) is 0 Å². The molecule has 4 heteroatoms. The Bertz CT molecular complexity index is 270. The number of hydrogen-bond acceptors (Lipinski definition) is 2. The molecule has 1 atom stereocenters. The van der Waals surface area contributed by atoms with Crippen LogP contribution in [-0.4, -0.2) is 21.5 Å². The zero-order chi connectivity index (χ0) is 10.6. The fourth-order valence-electron chi connectivity index (χ4n) is 1.25. The Morgan fingerprint density at radius 1 is 1.57 bits per heavy atom. The van der Waals surface area contributed by atoms with E-state index in [1.807, 2.05) is 6.20 Å². The lowest BCUT2D eigenvalue weighted by molar-refractivity contribution is 0.556. The van der Waals surface area contributed by atoms with Crippen LogP contribution in [-0.2, 0) is 6.54 Å². The maximum absolute atomic E-state index is 5.88.